The summed E-state index contributed by atoms with van der Waals surface area (Å²) in [5.41, 5.74) is 0. The van der Waals surface area contributed by atoms with Crippen molar-refractivity contribution in [3.63, 3.8) is 0 Å². The largest absolute Gasteiger partial charge is 0.466 e. The third kappa shape index (κ3) is 2.95. The molecule has 1 aliphatic carbocycles. The van der Waals surface area contributed by atoms with Gasteiger partial charge in [0.05, 0.1) is 31.8 Å². The van der Waals surface area contributed by atoms with E-state index in [4.69, 9.17) is 14.2 Å². The zero-order valence-electron chi connectivity index (χ0n) is 9.81. The van der Waals surface area contributed by atoms with Crippen molar-refractivity contribution in [2.45, 2.75) is 44.8 Å². The molecule has 0 N–H and O–H groups in total. The van der Waals surface area contributed by atoms with Crippen LogP contribution in [0.4, 0.5) is 0 Å². The lowest BCUT2D eigenvalue weighted by Crippen LogP contribution is -2.40. The van der Waals surface area contributed by atoms with E-state index in [1.165, 1.54) is 0 Å². The number of hydrogen-bond acceptors (Lipinski definition) is 4. The van der Waals surface area contributed by atoms with Gasteiger partial charge in [0.1, 0.15) is 6.10 Å². The van der Waals surface area contributed by atoms with E-state index in [0.29, 0.717) is 18.8 Å². The predicted octanol–water partition coefficient (Wildman–Crippen LogP) is 1.52. The zero-order chi connectivity index (χ0) is 11.4. The van der Waals surface area contributed by atoms with Gasteiger partial charge < -0.3 is 14.2 Å². The van der Waals surface area contributed by atoms with Crippen molar-refractivity contribution in [2.75, 3.05) is 19.8 Å². The topological polar surface area (TPSA) is 44.8 Å². The van der Waals surface area contributed by atoms with Crippen molar-refractivity contribution in [1.82, 2.24) is 0 Å². The summed E-state index contributed by atoms with van der Waals surface area (Å²) in [6.07, 6.45) is 4.36. The molecule has 1 aliphatic heterocycles. The molecule has 0 spiro atoms. The normalized spacial score (nSPS) is 30.8. The molecule has 16 heavy (non-hydrogen) atoms. The van der Waals surface area contributed by atoms with Crippen molar-refractivity contribution < 1.29 is 19.0 Å². The third-order valence-corrected chi connectivity index (χ3v) is 3.29. The highest BCUT2D eigenvalue weighted by atomic mass is 16.6. The van der Waals surface area contributed by atoms with Gasteiger partial charge >= 0.3 is 5.97 Å². The summed E-state index contributed by atoms with van der Waals surface area (Å²) in [5, 5.41) is 0. The van der Waals surface area contributed by atoms with Crippen LogP contribution in [-0.2, 0) is 19.0 Å². The fraction of sp³-hybridized carbons (Fsp3) is 0.917. The summed E-state index contributed by atoms with van der Waals surface area (Å²) in [6, 6.07) is 0. The number of carbonyl (C=O) groups is 1. The second-order valence-electron chi connectivity index (χ2n) is 4.52. The molecular formula is C12H20O4. The van der Waals surface area contributed by atoms with Crippen molar-refractivity contribution >= 4 is 5.97 Å². The minimum Gasteiger partial charge on any atom is -0.466 e. The molecule has 1 heterocycles. The highest BCUT2D eigenvalue weighted by Crippen LogP contribution is 2.28. The van der Waals surface area contributed by atoms with Gasteiger partial charge in [-0.25, -0.2) is 0 Å². The molecule has 0 amide bonds. The summed E-state index contributed by atoms with van der Waals surface area (Å²) in [5.74, 6) is 0.0605. The Balaban J connectivity index is 1.67. The first-order valence-corrected chi connectivity index (χ1v) is 6.19. The van der Waals surface area contributed by atoms with Crippen molar-refractivity contribution in [1.29, 1.82) is 0 Å². The van der Waals surface area contributed by atoms with Crippen molar-refractivity contribution in [2.24, 2.45) is 5.92 Å². The minimum atomic E-state index is -0.0343. The molecule has 0 aromatic carbocycles. The molecule has 4 heteroatoms. The first-order valence-electron chi connectivity index (χ1n) is 6.19. The Morgan fingerprint density at radius 1 is 1.19 bits per heavy atom. The lowest BCUT2D eigenvalue weighted by atomic mass is 9.87. The van der Waals surface area contributed by atoms with Crippen LogP contribution in [0, 0.1) is 5.92 Å². The van der Waals surface area contributed by atoms with E-state index < -0.39 is 0 Å². The van der Waals surface area contributed by atoms with Crippen LogP contribution in [0.2, 0.25) is 0 Å². The van der Waals surface area contributed by atoms with Crippen LogP contribution in [0.15, 0.2) is 0 Å². The summed E-state index contributed by atoms with van der Waals surface area (Å²) in [6.45, 7) is 3.80. The van der Waals surface area contributed by atoms with Crippen LogP contribution in [0.1, 0.15) is 32.6 Å². The molecular weight excluding hydrogens is 208 g/mol. The van der Waals surface area contributed by atoms with Crippen LogP contribution < -0.4 is 0 Å². The second kappa shape index (κ2) is 5.64. The molecule has 4 nitrogen and oxygen atoms in total. The second-order valence-corrected chi connectivity index (χ2v) is 4.52. The molecule has 0 aromatic heterocycles. The van der Waals surface area contributed by atoms with E-state index in [-0.39, 0.29) is 11.9 Å². The number of esters is 1. The Bertz CT molecular complexity index is 229. The van der Waals surface area contributed by atoms with Crippen molar-refractivity contribution in [3.8, 4) is 0 Å². The fourth-order valence-electron chi connectivity index (χ4n) is 2.26. The molecule has 1 saturated heterocycles. The highest BCUT2D eigenvalue weighted by Gasteiger charge is 2.30. The van der Waals surface area contributed by atoms with E-state index >= 15 is 0 Å². The van der Waals surface area contributed by atoms with Gasteiger partial charge in [0, 0.05) is 0 Å². The Hall–Kier alpha value is -0.610. The lowest BCUT2D eigenvalue weighted by molar-refractivity contribution is -0.166. The number of rotatable bonds is 4. The molecule has 1 saturated carbocycles. The van der Waals surface area contributed by atoms with E-state index in [2.05, 4.69) is 0 Å². The Morgan fingerprint density at radius 3 is 2.38 bits per heavy atom. The summed E-state index contributed by atoms with van der Waals surface area (Å²) >= 11 is 0. The summed E-state index contributed by atoms with van der Waals surface area (Å²) in [7, 11) is 0. The molecule has 0 radical (unpaired) electrons. The minimum absolute atomic E-state index is 0.0343. The number of carbonyl (C=O) groups excluding carboxylic acids is 1. The first-order chi connectivity index (χ1) is 7.79. The number of ether oxygens (including phenoxy) is 3. The average Bonchev–Trinajstić information content (AvgIpc) is 2.25. The van der Waals surface area contributed by atoms with Crippen LogP contribution in [-0.4, -0.2) is 38.0 Å². The Kier molecular flexibility index (Phi) is 4.18. The summed E-state index contributed by atoms with van der Waals surface area (Å²) in [4.78, 5) is 11.5. The molecule has 92 valence electrons. The fourth-order valence-corrected chi connectivity index (χ4v) is 2.26. The zero-order valence-corrected chi connectivity index (χ0v) is 9.81. The van der Waals surface area contributed by atoms with Crippen LogP contribution in [0.5, 0.6) is 0 Å². The third-order valence-electron chi connectivity index (χ3n) is 3.29. The van der Waals surface area contributed by atoms with Crippen LogP contribution in [0.3, 0.4) is 0 Å². The van der Waals surface area contributed by atoms with E-state index in [9.17, 15) is 4.79 Å². The van der Waals surface area contributed by atoms with Gasteiger partial charge in [0.2, 0.25) is 0 Å². The van der Waals surface area contributed by atoms with Gasteiger partial charge in [-0.3, -0.25) is 4.79 Å². The Morgan fingerprint density at radius 2 is 1.88 bits per heavy atom. The smallest absolute Gasteiger partial charge is 0.308 e. The quantitative estimate of drug-likeness (QED) is 0.684. The van der Waals surface area contributed by atoms with Gasteiger partial charge in [0.25, 0.3) is 0 Å². The molecule has 2 rings (SSSR count). The Labute approximate surface area is 96.2 Å². The molecule has 0 atom stereocenters. The molecule has 0 bridgehead atoms. The van der Waals surface area contributed by atoms with Crippen molar-refractivity contribution in [3.05, 3.63) is 0 Å². The maximum atomic E-state index is 11.5. The highest BCUT2D eigenvalue weighted by molar-refractivity contribution is 5.72. The molecule has 0 aromatic rings. The maximum Gasteiger partial charge on any atom is 0.308 e. The van der Waals surface area contributed by atoms with Gasteiger partial charge in [-0.05, 0) is 32.6 Å². The van der Waals surface area contributed by atoms with Gasteiger partial charge in [-0.2, -0.15) is 0 Å². The van der Waals surface area contributed by atoms with Gasteiger partial charge in [-0.1, -0.05) is 0 Å². The van der Waals surface area contributed by atoms with Crippen LogP contribution >= 0.6 is 0 Å². The van der Waals surface area contributed by atoms with E-state index in [1.807, 2.05) is 6.92 Å². The standard InChI is InChI=1S/C12H20O4/c1-2-15-12(13)9-3-5-10(6-4-9)16-11-7-14-8-11/h9-11H,2-8H2,1H3. The van der Waals surface area contributed by atoms with E-state index in [1.54, 1.807) is 0 Å². The molecule has 2 fully saturated rings. The number of hydrogen-bond donors (Lipinski definition) is 0. The van der Waals surface area contributed by atoms with Crippen LogP contribution in [0.25, 0.3) is 0 Å². The van der Waals surface area contributed by atoms with Gasteiger partial charge in [0.15, 0.2) is 0 Å². The van der Waals surface area contributed by atoms with Gasteiger partial charge in [-0.15, -0.1) is 0 Å². The lowest BCUT2D eigenvalue weighted by Gasteiger charge is -2.34. The average molecular weight is 228 g/mol. The molecule has 0 unspecified atom stereocenters. The predicted molar refractivity (Wildman–Crippen MR) is 58.1 cm³/mol. The SMILES string of the molecule is CCOC(=O)C1CCC(OC2COC2)CC1. The van der Waals surface area contributed by atoms with E-state index in [0.717, 1.165) is 38.9 Å². The molecule has 2 aliphatic rings. The maximum absolute atomic E-state index is 11.5. The monoisotopic (exact) mass is 228 g/mol. The first kappa shape index (κ1) is 11.9. The summed E-state index contributed by atoms with van der Waals surface area (Å²) < 4.78 is 15.9.